The summed E-state index contributed by atoms with van der Waals surface area (Å²) in [7, 11) is 3.23. The van der Waals surface area contributed by atoms with Gasteiger partial charge in [0.05, 0.1) is 14.2 Å². The lowest BCUT2D eigenvalue weighted by Crippen LogP contribution is -2.55. The van der Waals surface area contributed by atoms with E-state index in [0.717, 1.165) is 17.4 Å². The van der Waals surface area contributed by atoms with Crippen molar-refractivity contribution in [2.24, 2.45) is 23.7 Å². The molecule has 0 heterocycles. The maximum Gasteiger partial charge on any atom is 0.244 e. The van der Waals surface area contributed by atoms with Gasteiger partial charge in [0.1, 0.15) is 0 Å². The van der Waals surface area contributed by atoms with Crippen molar-refractivity contribution in [2.45, 2.75) is 38.1 Å². The minimum atomic E-state index is 0.00217. The van der Waals surface area contributed by atoms with Crippen LogP contribution < -0.4 is 14.8 Å². The lowest BCUT2D eigenvalue weighted by Gasteiger charge is -2.54. The van der Waals surface area contributed by atoms with Crippen molar-refractivity contribution in [2.75, 3.05) is 14.2 Å². The van der Waals surface area contributed by atoms with Crippen LogP contribution >= 0.6 is 0 Å². The fraction of sp³-hybridized carbons (Fsp3) is 0.571. The summed E-state index contributed by atoms with van der Waals surface area (Å²) in [5.41, 5.74) is 0.849. The van der Waals surface area contributed by atoms with Gasteiger partial charge in [0.15, 0.2) is 11.5 Å². The van der Waals surface area contributed by atoms with Gasteiger partial charge in [-0.25, -0.2) is 0 Å². The van der Waals surface area contributed by atoms with Gasteiger partial charge in [0, 0.05) is 17.7 Å². The average molecular weight is 341 g/mol. The van der Waals surface area contributed by atoms with E-state index < -0.39 is 0 Å². The van der Waals surface area contributed by atoms with Crippen LogP contribution in [0.4, 0.5) is 0 Å². The van der Waals surface area contributed by atoms with E-state index in [4.69, 9.17) is 9.47 Å². The number of benzene rings is 1. The van der Waals surface area contributed by atoms with Gasteiger partial charge in [-0.05, 0) is 67.9 Å². The fourth-order valence-corrected chi connectivity index (χ4v) is 5.58. The van der Waals surface area contributed by atoms with Crippen molar-refractivity contribution in [3.8, 4) is 11.5 Å². The Balaban J connectivity index is 1.44. The number of ether oxygens (including phenoxy) is 2. The highest BCUT2D eigenvalue weighted by molar-refractivity contribution is 5.92. The number of rotatable bonds is 5. The minimum absolute atomic E-state index is 0.00217. The first-order valence-corrected chi connectivity index (χ1v) is 9.37. The summed E-state index contributed by atoms with van der Waals surface area (Å²) in [6, 6.07) is 6.05. The molecule has 1 amide bonds. The molecular weight excluding hydrogens is 314 g/mol. The predicted octanol–water partition coefficient (Wildman–Crippen LogP) is 3.66. The molecule has 0 aliphatic heterocycles. The summed E-state index contributed by atoms with van der Waals surface area (Å²) >= 11 is 0. The Bertz CT molecular complexity index is 654. The zero-order chi connectivity index (χ0) is 17.4. The van der Waals surface area contributed by atoms with Gasteiger partial charge in [-0.1, -0.05) is 12.1 Å². The van der Waals surface area contributed by atoms with Crippen LogP contribution in [0, 0.1) is 23.7 Å². The van der Waals surface area contributed by atoms with E-state index in [1.165, 1.54) is 32.1 Å². The fourth-order valence-electron chi connectivity index (χ4n) is 5.58. The number of hydrogen-bond donors (Lipinski definition) is 1. The molecule has 0 unspecified atom stereocenters. The molecule has 4 fully saturated rings. The molecule has 134 valence electrons. The smallest absolute Gasteiger partial charge is 0.244 e. The van der Waals surface area contributed by atoms with E-state index in [1.807, 2.05) is 24.3 Å². The van der Waals surface area contributed by atoms with Crippen LogP contribution in [0.25, 0.3) is 6.08 Å². The maximum absolute atomic E-state index is 12.5. The molecule has 1 aromatic rings. The monoisotopic (exact) mass is 341 g/mol. The third-order valence-electron chi connectivity index (χ3n) is 6.38. The second kappa shape index (κ2) is 6.74. The molecule has 4 heteroatoms. The summed E-state index contributed by atoms with van der Waals surface area (Å²) < 4.78 is 10.7. The number of amides is 1. The van der Waals surface area contributed by atoms with Crippen molar-refractivity contribution in [1.29, 1.82) is 0 Å². The molecule has 1 N–H and O–H groups in total. The normalized spacial score (nSPS) is 32.8. The van der Waals surface area contributed by atoms with Crippen LogP contribution in [0.3, 0.4) is 0 Å². The van der Waals surface area contributed by atoms with Crippen molar-refractivity contribution < 1.29 is 14.3 Å². The van der Waals surface area contributed by atoms with Gasteiger partial charge in [-0.3, -0.25) is 4.79 Å². The van der Waals surface area contributed by atoms with E-state index in [1.54, 1.807) is 20.3 Å². The van der Waals surface area contributed by atoms with Crippen LogP contribution in [0.15, 0.2) is 24.3 Å². The van der Waals surface area contributed by atoms with Gasteiger partial charge >= 0.3 is 0 Å². The van der Waals surface area contributed by atoms with Gasteiger partial charge in [0.2, 0.25) is 5.91 Å². The Morgan fingerprint density at radius 1 is 1.04 bits per heavy atom. The molecule has 4 bridgehead atoms. The zero-order valence-electron chi connectivity index (χ0n) is 15.0. The molecule has 0 atom stereocenters. The standard InChI is InChI=1S/C21H27NO3/c1-24-18-5-3-4-15(21(18)25-2)6-7-19(23)22-20-16-9-13-8-14(11-16)12-17(20)10-13/h3-7,13-14,16-17,20H,8-12H2,1-2H3,(H,22,23)/b7-6+. The van der Waals surface area contributed by atoms with Gasteiger partial charge in [-0.2, -0.15) is 0 Å². The quantitative estimate of drug-likeness (QED) is 0.832. The molecule has 0 spiro atoms. The molecular formula is C21H27NO3. The van der Waals surface area contributed by atoms with Crippen molar-refractivity contribution in [3.63, 3.8) is 0 Å². The molecule has 4 aliphatic carbocycles. The highest BCUT2D eigenvalue weighted by atomic mass is 16.5. The first kappa shape index (κ1) is 16.5. The lowest BCUT2D eigenvalue weighted by atomic mass is 9.54. The SMILES string of the molecule is COc1cccc(/C=C/C(=O)NC2C3CC4CC(C3)CC2C4)c1OC. The first-order valence-electron chi connectivity index (χ1n) is 9.37. The number of carbonyl (C=O) groups is 1. The summed E-state index contributed by atoms with van der Waals surface area (Å²) in [4.78, 5) is 12.5. The van der Waals surface area contributed by atoms with Crippen molar-refractivity contribution >= 4 is 12.0 Å². The first-order chi connectivity index (χ1) is 12.2. The molecule has 0 aromatic heterocycles. The Kier molecular flexibility index (Phi) is 4.45. The Labute approximate surface area is 149 Å². The van der Waals surface area contributed by atoms with Crippen LogP contribution in [0.5, 0.6) is 11.5 Å². The van der Waals surface area contributed by atoms with Gasteiger partial charge < -0.3 is 14.8 Å². The number of hydrogen-bond acceptors (Lipinski definition) is 3. The average Bonchev–Trinajstić information content (AvgIpc) is 2.61. The maximum atomic E-state index is 12.5. The van der Waals surface area contributed by atoms with Crippen molar-refractivity contribution in [3.05, 3.63) is 29.8 Å². The van der Waals surface area contributed by atoms with Crippen LogP contribution in [-0.2, 0) is 4.79 Å². The molecule has 4 nitrogen and oxygen atoms in total. The molecule has 0 saturated heterocycles. The Morgan fingerprint density at radius 2 is 1.72 bits per heavy atom. The summed E-state index contributed by atoms with van der Waals surface area (Å²) in [5, 5.41) is 3.30. The summed E-state index contributed by atoms with van der Waals surface area (Å²) in [6.45, 7) is 0. The number of carbonyl (C=O) groups excluding carboxylic acids is 1. The lowest BCUT2D eigenvalue weighted by molar-refractivity contribution is -0.120. The molecule has 1 aromatic carbocycles. The van der Waals surface area contributed by atoms with Crippen molar-refractivity contribution in [1.82, 2.24) is 5.32 Å². The number of methoxy groups -OCH3 is 2. The highest BCUT2D eigenvalue weighted by Gasteiger charge is 2.48. The third kappa shape index (κ3) is 3.14. The van der Waals surface area contributed by atoms with E-state index in [0.29, 0.717) is 29.4 Å². The molecule has 25 heavy (non-hydrogen) atoms. The Hall–Kier alpha value is -1.97. The van der Waals surface area contributed by atoms with E-state index in [-0.39, 0.29) is 5.91 Å². The second-order valence-electron chi connectivity index (χ2n) is 7.88. The predicted molar refractivity (Wildman–Crippen MR) is 97.6 cm³/mol. The van der Waals surface area contributed by atoms with Gasteiger partial charge in [-0.15, -0.1) is 0 Å². The molecule has 0 radical (unpaired) electrons. The van der Waals surface area contributed by atoms with Crippen LogP contribution in [0.2, 0.25) is 0 Å². The second-order valence-corrected chi connectivity index (χ2v) is 7.88. The zero-order valence-corrected chi connectivity index (χ0v) is 15.0. The van der Waals surface area contributed by atoms with Gasteiger partial charge in [0.25, 0.3) is 0 Å². The van der Waals surface area contributed by atoms with E-state index in [2.05, 4.69) is 5.32 Å². The Morgan fingerprint density at radius 3 is 2.32 bits per heavy atom. The molecule has 4 aliphatic rings. The third-order valence-corrected chi connectivity index (χ3v) is 6.38. The summed E-state index contributed by atoms with van der Waals surface area (Å²) in [5.74, 6) is 4.57. The van der Waals surface area contributed by atoms with Crippen LogP contribution in [-0.4, -0.2) is 26.2 Å². The molecule has 5 rings (SSSR count). The number of nitrogens with one attached hydrogen (secondary N) is 1. The highest BCUT2D eigenvalue weighted by Crippen LogP contribution is 2.53. The number of para-hydroxylation sites is 1. The molecule has 4 saturated carbocycles. The van der Waals surface area contributed by atoms with E-state index >= 15 is 0 Å². The summed E-state index contributed by atoms with van der Waals surface area (Å²) in [6.07, 6.45) is 10.1. The minimum Gasteiger partial charge on any atom is -0.493 e. The van der Waals surface area contributed by atoms with E-state index in [9.17, 15) is 4.79 Å². The van der Waals surface area contributed by atoms with Crippen LogP contribution in [0.1, 0.15) is 37.7 Å². The topological polar surface area (TPSA) is 47.6 Å². The largest absolute Gasteiger partial charge is 0.493 e.